The highest BCUT2D eigenvalue weighted by molar-refractivity contribution is 7.18. The van der Waals surface area contributed by atoms with Crippen molar-refractivity contribution in [2.24, 2.45) is 11.7 Å². The van der Waals surface area contributed by atoms with E-state index in [1.807, 2.05) is 0 Å². The van der Waals surface area contributed by atoms with Gasteiger partial charge in [0, 0.05) is 22.7 Å². The fourth-order valence-corrected chi connectivity index (χ4v) is 3.16. The molecule has 2 aromatic heterocycles. The van der Waals surface area contributed by atoms with Gasteiger partial charge in [-0.3, -0.25) is 0 Å². The predicted octanol–water partition coefficient (Wildman–Crippen LogP) is 2.53. The van der Waals surface area contributed by atoms with Crippen molar-refractivity contribution in [2.75, 3.05) is 0 Å². The van der Waals surface area contributed by atoms with E-state index in [0.717, 1.165) is 29.3 Å². The third kappa shape index (κ3) is 2.19. The second-order valence-corrected chi connectivity index (χ2v) is 5.93. The third-order valence-electron chi connectivity index (χ3n) is 3.47. The number of hydrogen-bond donors (Lipinski definition) is 1. The first-order chi connectivity index (χ1) is 8.28. The van der Waals surface area contributed by atoms with E-state index in [0.29, 0.717) is 0 Å². The minimum Gasteiger partial charge on any atom is -0.327 e. The van der Waals surface area contributed by atoms with Gasteiger partial charge in [-0.15, -0.1) is 11.3 Å². The van der Waals surface area contributed by atoms with Crippen LogP contribution >= 0.6 is 11.3 Å². The van der Waals surface area contributed by atoms with Gasteiger partial charge in [0.2, 0.25) is 0 Å². The summed E-state index contributed by atoms with van der Waals surface area (Å²) in [6.45, 7) is 2.17. The van der Waals surface area contributed by atoms with Crippen LogP contribution in [0.2, 0.25) is 0 Å². The molecule has 0 saturated heterocycles. The lowest BCUT2D eigenvalue weighted by molar-refractivity contribution is 0.586. The van der Waals surface area contributed by atoms with Crippen molar-refractivity contribution in [3.8, 4) is 0 Å². The van der Waals surface area contributed by atoms with Crippen molar-refractivity contribution in [1.82, 2.24) is 9.97 Å². The van der Waals surface area contributed by atoms with E-state index >= 15 is 0 Å². The van der Waals surface area contributed by atoms with Crippen LogP contribution in [-0.4, -0.2) is 16.0 Å². The Morgan fingerprint density at radius 1 is 1.47 bits per heavy atom. The molecule has 0 spiro atoms. The Kier molecular flexibility index (Phi) is 2.84. The number of hydrogen-bond acceptors (Lipinski definition) is 4. The van der Waals surface area contributed by atoms with Crippen molar-refractivity contribution >= 4 is 21.6 Å². The summed E-state index contributed by atoms with van der Waals surface area (Å²) in [5, 5.41) is 1.21. The van der Waals surface area contributed by atoms with Gasteiger partial charge in [0.15, 0.2) is 0 Å². The second-order valence-electron chi connectivity index (χ2n) is 4.81. The molecular formula is C13H17N3S. The van der Waals surface area contributed by atoms with E-state index in [-0.39, 0.29) is 6.04 Å². The number of thiophene rings is 1. The van der Waals surface area contributed by atoms with Crippen molar-refractivity contribution in [2.45, 2.75) is 38.6 Å². The van der Waals surface area contributed by atoms with E-state index < -0.39 is 0 Å². The topological polar surface area (TPSA) is 51.8 Å². The van der Waals surface area contributed by atoms with Crippen LogP contribution in [-0.2, 0) is 12.8 Å². The highest BCUT2D eigenvalue weighted by Gasteiger charge is 2.29. The summed E-state index contributed by atoms with van der Waals surface area (Å²) < 4.78 is 0. The molecule has 17 heavy (non-hydrogen) atoms. The lowest BCUT2D eigenvalue weighted by Crippen LogP contribution is -2.25. The number of rotatable bonds is 4. The van der Waals surface area contributed by atoms with E-state index in [4.69, 9.17) is 5.73 Å². The van der Waals surface area contributed by atoms with E-state index in [2.05, 4.69) is 23.0 Å². The summed E-state index contributed by atoms with van der Waals surface area (Å²) in [6.07, 6.45) is 6.21. The van der Waals surface area contributed by atoms with Crippen LogP contribution in [0.4, 0.5) is 0 Å². The maximum atomic E-state index is 6.18. The molecule has 0 aliphatic heterocycles. The average Bonchev–Trinajstić information content (AvgIpc) is 3.09. The second kappa shape index (κ2) is 4.35. The smallest absolute Gasteiger partial charge is 0.127 e. The van der Waals surface area contributed by atoms with Crippen LogP contribution in [0, 0.1) is 5.92 Å². The first kappa shape index (κ1) is 11.1. The van der Waals surface area contributed by atoms with Gasteiger partial charge in [-0.1, -0.05) is 6.92 Å². The Balaban J connectivity index is 1.94. The zero-order valence-electron chi connectivity index (χ0n) is 10.0. The zero-order chi connectivity index (χ0) is 11.8. The summed E-state index contributed by atoms with van der Waals surface area (Å²) in [7, 11) is 0. The van der Waals surface area contributed by atoms with Crippen LogP contribution in [0.5, 0.6) is 0 Å². The predicted molar refractivity (Wildman–Crippen MR) is 71.2 cm³/mol. The molecule has 2 heterocycles. The standard InChI is InChI=1S/C13H17N3S/c1-2-9-5-10-12(6-11(14)8-3-4-8)15-7-16-13(10)17-9/h5,7-8,11H,2-4,6,14H2,1H3. The van der Waals surface area contributed by atoms with Gasteiger partial charge in [-0.25, -0.2) is 9.97 Å². The molecule has 1 unspecified atom stereocenters. The van der Waals surface area contributed by atoms with Crippen molar-refractivity contribution in [1.29, 1.82) is 0 Å². The molecule has 90 valence electrons. The quantitative estimate of drug-likeness (QED) is 0.903. The molecule has 0 radical (unpaired) electrons. The molecule has 3 rings (SSSR count). The highest BCUT2D eigenvalue weighted by Crippen LogP contribution is 2.34. The Bertz CT molecular complexity index is 530. The van der Waals surface area contributed by atoms with Gasteiger partial charge in [0.05, 0.1) is 5.69 Å². The molecule has 2 aromatic rings. The van der Waals surface area contributed by atoms with Crippen LogP contribution in [0.1, 0.15) is 30.3 Å². The summed E-state index contributed by atoms with van der Waals surface area (Å²) in [6, 6.07) is 2.51. The monoisotopic (exact) mass is 247 g/mol. The molecule has 0 bridgehead atoms. The first-order valence-electron chi connectivity index (χ1n) is 6.25. The number of fused-ring (bicyclic) bond motifs is 1. The molecule has 1 aliphatic rings. The zero-order valence-corrected chi connectivity index (χ0v) is 10.8. The molecule has 1 aliphatic carbocycles. The van der Waals surface area contributed by atoms with E-state index in [1.165, 1.54) is 23.1 Å². The Morgan fingerprint density at radius 2 is 2.29 bits per heavy atom. The maximum Gasteiger partial charge on any atom is 0.127 e. The number of aromatic nitrogens is 2. The molecule has 2 N–H and O–H groups in total. The molecule has 3 nitrogen and oxygen atoms in total. The molecular weight excluding hydrogens is 230 g/mol. The van der Waals surface area contributed by atoms with Crippen LogP contribution in [0.3, 0.4) is 0 Å². The van der Waals surface area contributed by atoms with Gasteiger partial charge in [-0.05, 0) is 31.2 Å². The third-order valence-corrected chi connectivity index (χ3v) is 4.66. The average molecular weight is 247 g/mol. The minimum absolute atomic E-state index is 0.276. The van der Waals surface area contributed by atoms with Gasteiger partial charge in [-0.2, -0.15) is 0 Å². The van der Waals surface area contributed by atoms with Gasteiger partial charge < -0.3 is 5.73 Å². The number of aryl methyl sites for hydroxylation is 1. The lowest BCUT2D eigenvalue weighted by atomic mass is 10.1. The molecule has 1 atom stereocenters. The Labute approximate surface area is 105 Å². The fourth-order valence-electron chi connectivity index (χ4n) is 2.21. The van der Waals surface area contributed by atoms with E-state index in [1.54, 1.807) is 17.7 Å². The first-order valence-corrected chi connectivity index (χ1v) is 7.07. The normalized spacial score (nSPS) is 17.5. The van der Waals surface area contributed by atoms with Gasteiger partial charge in [0.25, 0.3) is 0 Å². The lowest BCUT2D eigenvalue weighted by Gasteiger charge is -2.09. The molecule has 0 amide bonds. The minimum atomic E-state index is 0.276. The summed E-state index contributed by atoms with van der Waals surface area (Å²) in [5.74, 6) is 0.726. The summed E-state index contributed by atoms with van der Waals surface area (Å²) in [4.78, 5) is 11.2. The Morgan fingerprint density at radius 3 is 3.00 bits per heavy atom. The van der Waals surface area contributed by atoms with Gasteiger partial charge >= 0.3 is 0 Å². The fraction of sp³-hybridized carbons (Fsp3) is 0.538. The molecule has 1 fully saturated rings. The molecule has 1 saturated carbocycles. The number of nitrogens with two attached hydrogens (primary N) is 1. The van der Waals surface area contributed by atoms with Crippen LogP contribution in [0.25, 0.3) is 10.2 Å². The number of nitrogens with zero attached hydrogens (tertiary/aromatic N) is 2. The summed E-state index contributed by atoms with van der Waals surface area (Å²) in [5.41, 5.74) is 7.31. The SMILES string of the molecule is CCc1cc2c(CC(N)C3CC3)ncnc2s1. The maximum absolute atomic E-state index is 6.18. The van der Waals surface area contributed by atoms with Crippen molar-refractivity contribution in [3.05, 3.63) is 23.0 Å². The largest absolute Gasteiger partial charge is 0.327 e. The summed E-state index contributed by atoms with van der Waals surface area (Å²) >= 11 is 1.77. The van der Waals surface area contributed by atoms with Crippen LogP contribution in [0.15, 0.2) is 12.4 Å². The van der Waals surface area contributed by atoms with Crippen molar-refractivity contribution < 1.29 is 0 Å². The van der Waals surface area contributed by atoms with Crippen molar-refractivity contribution in [3.63, 3.8) is 0 Å². The van der Waals surface area contributed by atoms with E-state index in [9.17, 15) is 0 Å². The molecule has 4 heteroatoms. The Hall–Kier alpha value is -1.00. The van der Waals surface area contributed by atoms with Gasteiger partial charge in [0.1, 0.15) is 11.2 Å². The highest BCUT2D eigenvalue weighted by atomic mass is 32.1. The molecule has 0 aromatic carbocycles. The van der Waals surface area contributed by atoms with Crippen LogP contribution < -0.4 is 5.73 Å².